The SMILES string of the molecule is NC(=O)CCN1CCC(N2CCCC(C(=O)NCc3cccnc3)C2)CC1. The summed E-state index contributed by atoms with van der Waals surface area (Å²) in [4.78, 5) is 32.4. The molecule has 0 bridgehead atoms. The number of nitrogens with two attached hydrogens (primary N) is 1. The van der Waals surface area contributed by atoms with E-state index in [1.807, 2.05) is 12.1 Å². The van der Waals surface area contributed by atoms with E-state index < -0.39 is 0 Å². The first-order valence-electron chi connectivity index (χ1n) is 10.0. The van der Waals surface area contributed by atoms with Crippen LogP contribution in [0.5, 0.6) is 0 Å². The Balaban J connectivity index is 1.42. The second kappa shape index (κ2) is 9.80. The minimum atomic E-state index is -0.228. The van der Waals surface area contributed by atoms with Crippen LogP contribution in [-0.2, 0) is 16.1 Å². The number of nitrogens with one attached hydrogen (secondary N) is 1. The molecule has 148 valence electrons. The number of aromatic nitrogens is 1. The van der Waals surface area contributed by atoms with Crippen molar-refractivity contribution in [2.45, 2.75) is 44.7 Å². The summed E-state index contributed by atoms with van der Waals surface area (Å²) in [6.07, 6.45) is 8.21. The summed E-state index contributed by atoms with van der Waals surface area (Å²) < 4.78 is 0. The van der Waals surface area contributed by atoms with Gasteiger partial charge in [-0.1, -0.05) is 6.07 Å². The van der Waals surface area contributed by atoms with E-state index in [9.17, 15) is 9.59 Å². The molecule has 2 amide bonds. The molecule has 27 heavy (non-hydrogen) atoms. The Bertz CT molecular complexity index is 616. The quantitative estimate of drug-likeness (QED) is 0.736. The summed E-state index contributed by atoms with van der Waals surface area (Å²) in [6, 6.07) is 4.41. The molecule has 1 aromatic rings. The van der Waals surface area contributed by atoms with E-state index in [0.29, 0.717) is 19.0 Å². The fourth-order valence-corrected chi connectivity index (χ4v) is 4.16. The Morgan fingerprint density at radius 1 is 1.22 bits per heavy atom. The fourth-order valence-electron chi connectivity index (χ4n) is 4.16. The lowest BCUT2D eigenvalue weighted by Crippen LogP contribution is -2.51. The molecule has 7 heteroatoms. The zero-order valence-electron chi connectivity index (χ0n) is 16.0. The zero-order chi connectivity index (χ0) is 19.1. The topological polar surface area (TPSA) is 91.6 Å². The van der Waals surface area contributed by atoms with Crippen molar-refractivity contribution in [3.8, 4) is 0 Å². The molecule has 0 radical (unpaired) electrons. The average Bonchev–Trinajstić information content (AvgIpc) is 2.71. The summed E-state index contributed by atoms with van der Waals surface area (Å²) in [6.45, 7) is 5.25. The van der Waals surface area contributed by atoms with Gasteiger partial charge < -0.3 is 16.0 Å². The van der Waals surface area contributed by atoms with E-state index >= 15 is 0 Å². The van der Waals surface area contributed by atoms with Gasteiger partial charge in [-0.2, -0.15) is 0 Å². The second-order valence-corrected chi connectivity index (χ2v) is 7.70. The predicted octanol–water partition coefficient (Wildman–Crippen LogP) is 0.750. The Morgan fingerprint density at radius 3 is 2.74 bits per heavy atom. The monoisotopic (exact) mass is 373 g/mol. The average molecular weight is 374 g/mol. The van der Waals surface area contributed by atoms with E-state index in [-0.39, 0.29) is 17.7 Å². The molecule has 3 heterocycles. The molecule has 0 aromatic carbocycles. The van der Waals surface area contributed by atoms with Crippen LogP contribution in [0.3, 0.4) is 0 Å². The van der Waals surface area contributed by atoms with Crippen LogP contribution in [0.15, 0.2) is 24.5 Å². The number of hydrogen-bond acceptors (Lipinski definition) is 5. The minimum absolute atomic E-state index is 0.0725. The fraction of sp³-hybridized carbons (Fsp3) is 0.650. The van der Waals surface area contributed by atoms with Gasteiger partial charge in [0.05, 0.1) is 5.92 Å². The highest BCUT2D eigenvalue weighted by Gasteiger charge is 2.31. The van der Waals surface area contributed by atoms with Crippen molar-refractivity contribution in [2.24, 2.45) is 11.7 Å². The number of nitrogens with zero attached hydrogens (tertiary/aromatic N) is 3. The first kappa shape index (κ1) is 19.8. The number of likely N-dealkylation sites (tertiary alicyclic amines) is 2. The summed E-state index contributed by atoms with van der Waals surface area (Å²) in [5.41, 5.74) is 6.27. The zero-order valence-corrected chi connectivity index (χ0v) is 16.0. The largest absolute Gasteiger partial charge is 0.370 e. The maximum atomic E-state index is 12.6. The molecule has 3 rings (SSSR count). The summed E-state index contributed by atoms with van der Waals surface area (Å²) >= 11 is 0. The maximum absolute atomic E-state index is 12.6. The number of pyridine rings is 1. The third-order valence-corrected chi connectivity index (χ3v) is 5.76. The van der Waals surface area contributed by atoms with Gasteiger partial charge in [-0.3, -0.25) is 19.5 Å². The van der Waals surface area contributed by atoms with Crippen LogP contribution in [0.2, 0.25) is 0 Å². The van der Waals surface area contributed by atoms with Gasteiger partial charge in [-0.25, -0.2) is 0 Å². The standard InChI is InChI=1S/C20H31N5O2/c21-19(26)7-12-24-10-5-18(6-11-24)25-9-2-4-17(15-25)20(27)23-14-16-3-1-8-22-13-16/h1,3,8,13,17-18H,2,4-7,9-12,14-15H2,(H2,21,26)(H,23,27). The van der Waals surface area contributed by atoms with E-state index in [2.05, 4.69) is 20.1 Å². The molecule has 1 aromatic heterocycles. The molecular formula is C20H31N5O2. The van der Waals surface area contributed by atoms with Crippen molar-refractivity contribution in [1.82, 2.24) is 20.1 Å². The van der Waals surface area contributed by atoms with Crippen LogP contribution >= 0.6 is 0 Å². The Labute approximate surface area is 161 Å². The number of primary amides is 1. The van der Waals surface area contributed by atoms with E-state index in [0.717, 1.165) is 64.0 Å². The molecule has 2 saturated heterocycles. The van der Waals surface area contributed by atoms with Gasteiger partial charge in [0.25, 0.3) is 0 Å². The van der Waals surface area contributed by atoms with E-state index in [4.69, 9.17) is 5.73 Å². The Hall–Kier alpha value is -1.99. The predicted molar refractivity (Wildman–Crippen MR) is 104 cm³/mol. The lowest BCUT2D eigenvalue weighted by molar-refractivity contribution is -0.127. The van der Waals surface area contributed by atoms with E-state index in [1.165, 1.54) is 0 Å². The molecule has 0 saturated carbocycles. The number of hydrogen-bond donors (Lipinski definition) is 2. The van der Waals surface area contributed by atoms with Crippen LogP contribution in [0.1, 0.15) is 37.7 Å². The Kier molecular flexibility index (Phi) is 7.18. The molecule has 2 aliphatic rings. The van der Waals surface area contributed by atoms with Crippen molar-refractivity contribution < 1.29 is 9.59 Å². The van der Waals surface area contributed by atoms with Gasteiger partial charge in [-0.05, 0) is 56.9 Å². The molecular weight excluding hydrogens is 342 g/mol. The van der Waals surface area contributed by atoms with Crippen molar-refractivity contribution in [2.75, 3.05) is 32.7 Å². The van der Waals surface area contributed by atoms with Crippen molar-refractivity contribution >= 4 is 11.8 Å². The van der Waals surface area contributed by atoms with Gasteiger partial charge in [0, 0.05) is 44.5 Å². The van der Waals surface area contributed by atoms with Crippen molar-refractivity contribution in [1.29, 1.82) is 0 Å². The van der Waals surface area contributed by atoms with Crippen LogP contribution in [0.4, 0.5) is 0 Å². The van der Waals surface area contributed by atoms with Crippen LogP contribution in [0.25, 0.3) is 0 Å². The van der Waals surface area contributed by atoms with Gasteiger partial charge >= 0.3 is 0 Å². The third kappa shape index (κ3) is 6.01. The van der Waals surface area contributed by atoms with Crippen LogP contribution in [-0.4, -0.2) is 65.4 Å². The number of amides is 2. The highest BCUT2D eigenvalue weighted by molar-refractivity contribution is 5.79. The summed E-state index contributed by atoms with van der Waals surface area (Å²) in [5, 5.41) is 3.07. The summed E-state index contributed by atoms with van der Waals surface area (Å²) in [5.74, 6) is -0.000878. The third-order valence-electron chi connectivity index (χ3n) is 5.76. The molecule has 2 aliphatic heterocycles. The minimum Gasteiger partial charge on any atom is -0.370 e. The van der Waals surface area contributed by atoms with Gasteiger partial charge in [0.15, 0.2) is 0 Å². The molecule has 3 N–H and O–H groups in total. The van der Waals surface area contributed by atoms with Gasteiger partial charge in [0.2, 0.25) is 11.8 Å². The number of carbonyl (C=O) groups excluding carboxylic acids is 2. The van der Waals surface area contributed by atoms with Crippen molar-refractivity contribution in [3.63, 3.8) is 0 Å². The van der Waals surface area contributed by atoms with Gasteiger partial charge in [0.1, 0.15) is 0 Å². The van der Waals surface area contributed by atoms with E-state index in [1.54, 1.807) is 12.4 Å². The van der Waals surface area contributed by atoms with Crippen LogP contribution in [0, 0.1) is 5.92 Å². The number of piperidine rings is 2. The lowest BCUT2D eigenvalue weighted by Gasteiger charge is -2.42. The maximum Gasteiger partial charge on any atom is 0.224 e. The van der Waals surface area contributed by atoms with Gasteiger partial charge in [-0.15, -0.1) is 0 Å². The first-order chi connectivity index (χ1) is 13.1. The lowest BCUT2D eigenvalue weighted by atomic mass is 9.93. The smallest absolute Gasteiger partial charge is 0.224 e. The second-order valence-electron chi connectivity index (χ2n) is 7.70. The first-order valence-corrected chi connectivity index (χ1v) is 10.0. The summed E-state index contributed by atoms with van der Waals surface area (Å²) in [7, 11) is 0. The molecule has 2 fully saturated rings. The molecule has 0 spiro atoms. The number of carbonyl (C=O) groups is 2. The van der Waals surface area contributed by atoms with Crippen molar-refractivity contribution in [3.05, 3.63) is 30.1 Å². The van der Waals surface area contributed by atoms with Crippen LogP contribution < -0.4 is 11.1 Å². The highest BCUT2D eigenvalue weighted by atomic mass is 16.2. The highest BCUT2D eigenvalue weighted by Crippen LogP contribution is 2.24. The molecule has 1 atom stereocenters. The Morgan fingerprint density at radius 2 is 2.04 bits per heavy atom. The molecule has 0 aliphatic carbocycles. The number of rotatable bonds is 7. The molecule has 1 unspecified atom stereocenters. The normalized spacial score (nSPS) is 22.4. The molecule has 7 nitrogen and oxygen atoms in total.